The van der Waals surface area contributed by atoms with Gasteiger partial charge in [0.2, 0.25) is 0 Å². The summed E-state index contributed by atoms with van der Waals surface area (Å²) in [5.74, 6) is 0. The third-order valence-corrected chi connectivity index (χ3v) is 4.44. The minimum Gasteiger partial charge on any atom is -0.445 e. The van der Waals surface area contributed by atoms with E-state index in [1.165, 1.54) is 11.3 Å². The summed E-state index contributed by atoms with van der Waals surface area (Å²) < 4.78 is 5.12. The van der Waals surface area contributed by atoms with Crippen LogP contribution in [0.25, 0.3) is 0 Å². The molecular weight excluding hydrogens is 322 g/mol. The highest BCUT2D eigenvalue weighted by molar-refractivity contribution is 7.08. The molecule has 0 bridgehead atoms. The minimum atomic E-state index is -0.902. The van der Waals surface area contributed by atoms with Crippen LogP contribution in [0.5, 0.6) is 0 Å². The normalized spacial score (nSPS) is 14.9. The third-order valence-electron chi connectivity index (χ3n) is 3.23. The van der Waals surface area contributed by atoms with E-state index in [0.29, 0.717) is 0 Å². The Bertz CT molecular complexity index is 576. The highest BCUT2D eigenvalue weighted by atomic mass is 35.5. The number of ether oxygens (including phenoxy) is 1. The highest BCUT2D eigenvalue weighted by Gasteiger charge is 2.26. The van der Waals surface area contributed by atoms with Crippen molar-refractivity contribution in [2.75, 3.05) is 0 Å². The standard InChI is InChI=1S/C16H18ClNO3S/c1-11(15(19)14(17)13-7-8-22-10-13)18-16(20)21-9-12-5-3-2-4-6-12/h2-8,10-11,14-15,19H,9H2,1H3,(H,18,20). The summed E-state index contributed by atoms with van der Waals surface area (Å²) in [6, 6.07) is 10.7. The Balaban J connectivity index is 1.80. The molecule has 0 saturated carbocycles. The Kier molecular flexibility index (Phi) is 6.24. The zero-order valence-electron chi connectivity index (χ0n) is 12.1. The van der Waals surface area contributed by atoms with Gasteiger partial charge in [-0.25, -0.2) is 4.79 Å². The highest BCUT2D eigenvalue weighted by Crippen LogP contribution is 2.27. The zero-order valence-corrected chi connectivity index (χ0v) is 13.7. The van der Waals surface area contributed by atoms with Crippen molar-refractivity contribution in [3.8, 4) is 0 Å². The number of amides is 1. The molecule has 4 nitrogen and oxygen atoms in total. The number of carbonyl (C=O) groups is 1. The van der Waals surface area contributed by atoms with E-state index in [0.717, 1.165) is 11.1 Å². The Morgan fingerprint density at radius 1 is 1.36 bits per heavy atom. The number of aliphatic hydroxyl groups excluding tert-OH is 1. The van der Waals surface area contributed by atoms with Gasteiger partial charge in [0.15, 0.2) is 0 Å². The lowest BCUT2D eigenvalue weighted by Gasteiger charge is -2.23. The molecule has 0 aliphatic heterocycles. The van der Waals surface area contributed by atoms with E-state index in [2.05, 4.69) is 5.32 Å². The fraction of sp³-hybridized carbons (Fsp3) is 0.312. The van der Waals surface area contributed by atoms with E-state index in [-0.39, 0.29) is 6.61 Å². The number of alkyl carbamates (subject to hydrolysis) is 1. The zero-order chi connectivity index (χ0) is 15.9. The molecule has 1 heterocycles. The van der Waals surface area contributed by atoms with Crippen LogP contribution in [0.3, 0.4) is 0 Å². The van der Waals surface area contributed by atoms with Crippen LogP contribution in [0.4, 0.5) is 4.79 Å². The van der Waals surface area contributed by atoms with Gasteiger partial charge in [-0.05, 0) is 34.9 Å². The van der Waals surface area contributed by atoms with E-state index in [9.17, 15) is 9.90 Å². The van der Waals surface area contributed by atoms with E-state index in [1.54, 1.807) is 6.92 Å². The molecule has 0 radical (unpaired) electrons. The maximum absolute atomic E-state index is 11.8. The fourth-order valence-electron chi connectivity index (χ4n) is 1.92. The van der Waals surface area contributed by atoms with Gasteiger partial charge in [0, 0.05) is 0 Å². The van der Waals surface area contributed by atoms with Crippen molar-refractivity contribution in [3.63, 3.8) is 0 Å². The first kappa shape index (κ1) is 16.8. The number of hydrogen-bond acceptors (Lipinski definition) is 4. The van der Waals surface area contributed by atoms with Gasteiger partial charge in [-0.1, -0.05) is 30.3 Å². The van der Waals surface area contributed by atoms with Gasteiger partial charge in [-0.2, -0.15) is 11.3 Å². The Labute approximate surface area is 138 Å². The first-order valence-corrected chi connectivity index (χ1v) is 8.27. The van der Waals surface area contributed by atoms with Gasteiger partial charge in [-0.15, -0.1) is 11.6 Å². The first-order chi connectivity index (χ1) is 10.6. The lowest BCUT2D eigenvalue weighted by Crippen LogP contribution is -2.43. The molecule has 0 saturated heterocycles. The summed E-state index contributed by atoms with van der Waals surface area (Å²) in [6.45, 7) is 1.88. The van der Waals surface area contributed by atoms with Gasteiger partial charge in [-0.3, -0.25) is 0 Å². The predicted octanol–water partition coefficient (Wildman–Crippen LogP) is 3.70. The molecule has 3 unspecified atom stereocenters. The average Bonchev–Trinajstić information content (AvgIpc) is 3.07. The van der Waals surface area contributed by atoms with Crippen molar-refractivity contribution in [2.24, 2.45) is 0 Å². The molecule has 6 heteroatoms. The number of alkyl halides is 1. The maximum Gasteiger partial charge on any atom is 0.407 e. The number of nitrogens with one attached hydrogen (secondary N) is 1. The van der Waals surface area contributed by atoms with E-state index < -0.39 is 23.6 Å². The van der Waals surface area contributed by atoms with E-state index >= 15 is 0 Å². The van der Waals surface area contributed by atoms with Crippen LogP contribution in [0.15, 0.2) is 47.2 Å². The quantitative estimate of drug-likeness (QED) is 0.789. The molecular formula is C16H18ClNO3S. The van der Waals surface area contributed by atoms with Crippen molar-refractivity contribution in [1.29, 1.82) is 0 Å². The second-order valence-corrected chi connectivity index (χ2v) is 6.19. The lowest BCUT2D eigenvalue weighted by molar-refractivity contribution is 0.104. The Morgan fingerprint density at radius 2 is 2.09 bits per heavy atom. The SMILES string of the molecule is CC(NC(=O)OCc1ccccc1)C(O)C(Cl)c1ccsc1. The van der Waals surface area contributed by atoms with Gasteiger partial charge in [0.05, 0.1) is 17.5 Å². The molecule has 0 aliphatic carbocycles. The number of carbonyl (C=O) groups excluding carboxylic acids is 1. The second kappa shape index (κ2) is 8.17. The number of benzene rings is 1. The summed E-state index contributed by atoms with van der Waals surface area (Å²) in [4.78, 5) is 11.8. The molecule has 0 fully saturated rings. The summed E-state index contributed by atoms with van der Waals surface area (Å²) in [5.41, 5.74) is 1.74. The van der Waals surface area contributed by atoms with Crippen molar-refractivity contribution in [3.05, 3.63) is 58.3 Å². The van der Waals surface area contributed by atoms with Crippen LogP contribution < -0.4 is 5.32 Å². The molecule has 3 atom stereocenters. The van der Waals surface area contributed by atoms with Crippen LogP contribution in [-0.2, 0) is 11.3 Å². The third kappa shape index (κ3) is 4.73. The fourth-order valence-corrected chi connectivity index (χ4v) is 3.04. The molecule has 1 amide bonds. The summed E-state index contributed by atoms with van der Waals surface area (Å²) in [5, 5.41) is 16.0. The number of rotatable bonds is 6. The summed E-state index contributed by atoms with van der Waals surface area (Å²) in [6.07, 6.45) is -1.48. The Morgan fingerprint density at radius 3 is 2.73 bits per heavy atom. The predicted molar refractivity (Wildman–Crippen MR) is 88.1 cm³/mol. The summed E-state index contributed by atoms with van der Waals surface area (Å²) >= 11 is 7.72. The topological polar surface area (TPSA) is 58.6 Å². The van der Waals surface area contributed by atoms with Crippen LogP contribution in [0.2, 0.25) is 0 Å². The molecule has 0 aliphatic rings. The first-order valence-electron chi connectivity index (χ1n) is 6.89. The van der Waals surface area contributed by atoms with Gasteiger partial charge in [0.1, 0.15) is 6.61 Å². The molecule has 0 spiro atoms. The monoisotopic (exact) mass is 339 g/mol. The van der Waals surface area contributed by atoms with Gasteiger partial charge in [0.25, 0.3) is 0 Å². The van der Waals surface area contributed by atoms with Crippen LogP contribution in [0.1, 0.15) is 23.4 Å². The molecule has 22 heavy (non-hydrogen) atoms. The van der Waals surface area contributed by atoms with E-state index in [1.807, 2.05) is 47.2 Å². The van der Waals surface area contributed by atoms with Crippen molar-refractivity contribution < 1.29 is 14.6 Å². The number of halogens is 1. The lowest BCUT2D eigenvalue weighted by atomic mass is 10.1. The average molecular weight is 340 g/mol. The van der Waals surface area contributed by atoms with Crippen LogP contribution in [-0.4, -0.2) is 23.3 Å². The minimum absolute atomic E-state index is 0.185. The largest absolute Gasteiger partial charge is 0.445 e. The second-order valence-electron chi connectivity index (χ2n) is 4.94. The van der Waals surface area contributed by atoms with Gasteiger partial charge < -0.3 is 15.2 Å². The maximum atomic E-state index is 11.8. The molecule has 2 N–H and O–H groups in total. The molecule has 118 valence electrons. The van der Waals surface area contributed by atoms with Gasteiger partial charge >= 0.3 is 6.09 Å². The molecule has 2 rings (SSSR count). The number of thiophene rings is 1. The van der Waals surface area contributed by atoms with Crippen molar-refractivity contribution in [1.82, 2.24) is 5.32 Å². The van der Waals surface area contributed by atoms with Crippen molar-refractivity contribution >= 4 is 29.0 Å². The Hall–Kier alpha value is -1.56. The van der Waals surface area contributed by atoms with E-state index in [4.69, 9.17) is 16.3 Å². The molecule has 1 aromatic heterocycles. The number of hydrogen-bond donors (Lipinski definition) is 2. The summed E-state index contributed by atoms with van der Waals surface area (Å²) in [7, 11) is 0. The smallest absolute Gasteiger partial charge is 0.407 e. The van der Waals surface area contributed by atoms with Crippen LogP contribution in [0, 0.1) is 0 Å². The van der Waals surface area contributed by atoms with Crippen molar-refractivity contribution in [2.45, 2.75) is 31.1 Å². The van der Waals surface area contributed by atoms with Crippen LogP contribution >= 0.6 is 22.9 Å². The molecule has 1 aromatic carbocycles. The number of aliphatic hydroxyl groups is 1. The molecule has 2 aromatic rings.